The largest absolute Gasteiger partial charge is 0.355 e. The molecule has 1 saturated carbocycles. The highest BCUT2D eigenvalue weighted by Gasteiger charge is 2.51. The van der Waals surface area contributed by atoms with Gasteiger partial charge >= 0.3 is 0 Å². The summed E-state index contributed by atoms with van der Waals surface area (Å²) in [6.07, 6.45) is 4.93. The molecule has 3 nitrogen and oxygen atoms in total. The second-order valence-electron chi connectivity index (χ2n) is 6.77. The van der Waals surface area contributed by atoms with E-state index in [1.54, 1.807) is 0 Å². The third-order valence-electron chi connectivity index (χ3n) is 5.10. The van der Waals surface area contributed by atoms with Crippen LogP contribution >= 0.6 is 15.9 Å². The number of benzene rings is 2. The third-order valence-corrected chi connectivity index (χ3v) is 5.60. The van der Waals surface area contributed by atoms with Crippen molar-refractivity contribution in [3.05, 3.63) is 70.8 Å². The Morgan fingerprint density at radius 3 is 2.76 bits per heavy atom. The zero-order valence-corrected chi connectivity index (χ0v) is 15.6. The second kappa shape index (κ2) is 6.68. The highest BCUT2D eigenvalue weighted by Crippen LogP contribution is 2.48. The monoisotopic (exact) mass is 396 g/mol. The molecule has 1 N–H and O–H groups in total. The highest BCUT2D eigenvalue weighted by atomic mass is 79.9. The Balaban J connectivity index is 1.34. The highest BCUT2D eigenvalue weighted by molar-refractivity contribution is 9.10. The minimum atomic E-state index is -0.302. The summed E-state index contributed by atoms with van der Waals surface area (Å²) in [5.74, 6) is 0.169. The second-order valence-corrected chi connectivity index (χ2v) is 7.69. The minimum absolute atomic E-state index is 0.169. The van der Waals surface area contributed by atoms with E-state index in [-0.39, 0.29) is 11.3 Å². The summed E-state index contributed by atoms with van der Waals surface area (Å²) in [6, 6.07) is 18.7. The Labute approximate surface area is 156 Å². The van der Waals surface area contributed by atoms with Crippen molar-refractivity contribution in [3.63, 3.8) is 0 Å². The number of hydrogen-bond acceptors (Lipinski definition) is 1. The molecule has 3 aromatic rings. The number of halogens is 1. The van der Waals surface area contributed by atoms with Gasteiger partial charge in [0, 0.05) is 29.3 Å². The van der Waals surface area contributed by atoms with E-state index in [2.05, 4.69) is 74.5 Å². The number of fused-ring (bicyclic) bond motifs is 1. The van der Waals surface area contributed by atoms with Crippen LogP contribution < -0.4 is 5.32 Å². The molecule has 0 unspecified atom stereocenters. The van der Waals surface area contributed by atoms with Gasteiger partial charge in [-0.15, -0.1) is 0 Å². The Hall–Kier alpha value is -2.07. The lowest BCUT2D eigenvalue weighted by Gasteiger charge is -2.16. The van der Waals surface area contributed by atoms with Crippen LogP contribution in [0.4, 0.5) is 0 Å². The van der Waals surface area contributed by atoms with Crippen LogP contribution in [-0.2, 0) is 16.8 Å². The van der Waals surface area contributed by atoms with Gasteiger partial charge in [-0.25, -0.2) is 0 Å². The molecule has 1 aliphatic rings. The molecular formula is C21H21BrN2O. The number of aromatic nitrogens is 1. The summed E-state index contributed by atoms with van der Waals surface area (Å²) in [7, 11) is 0. The maximum absolute atomic E-state index is 12.7. The normalized spacial score (nSPS) is 15.2. The van der Waals surface area contributed by atoms with Crippen LogP contribution in [0.15, 0.2) is 65.3 Å². The molecule has 0 spiro atoms. The van der Waals surface area contributed by atoms with Crippen LogP contribution in [0.1, 0.15) is 24.8 Å². The first-order valence-electron chi connectivity index (χ1n) is 8.77. The fraction of sp³-hybridized carbons (Fsp3) is 0.286. The molecule has 1 aliphatic carbocycles. The van der Waals surface area contributed by atoms with E-state index in [0.29, 0.717) is 6.54 Å². The van der Waals surface area contributed by atoms with E-state index < -0.39 is 0 Å². The number of carbonyl (C=O) groups excluding carboxylic acids is 1. The number of aryl methyl sites for hydroxylation is 1. The van der Waals surface area contributed by atoms with E-state index in [1.807, 2.05) is 12.1 Å². The van der Waals surface area contributed by atoms with Crippen molar-refractivity contribution < 1.29 is 4.79 Å². The van der Waals surface area contributed by atoms with Gasteiger partial charge in [0.2, 0.25) is 5.91 Å². The predicted molar refractivity (Wildman–Crippen MR) is 105 cm³/mol. The smallest absolute Gasteiger partial charge is 0.230 e. The van der Waals surface area contributed by atoms with Gasteiger partial charge in [-0.05, 0) is 54.5 Å². The van der Waals surface area contributed by atoms with Crippen molar-refractivity contribution in [2.24, 2.45) is 0 Å². The first kappa shape index (κ1) is 16.4. The number of rotatable bonds is 6. The Kier molecular flexibility index (Phi) is 4.38. The van der Waals surface area contributed by atoms with Crippen molar-refractivity contribution in [1.82, 2.24) is 9.88 Å². The summed E-state index contributed by atoms with van der Waals surface area (Å²) in [5.41, 5.74) is 2.07. The molecule has 0 atom stereocenters. The third kappa shape index (κ3) is 3.23. The van der Waals surface area contributed by atoms with E-state index >= 15 is 0 Å². The average molecular weight is 397 g/mol. The fourth-order valence-electron chi connectivity index (χ4n) is 3.51. The quantitative estimate of drug-likeness (QED) is 0.604. The van der Waals surface area contributed by atoms with Gasteiger partial charge in [0.15, 0.2) is 0 Å². The average Bonchev–Trinajstić information content (AvgIpc) is 3.35. The standard InChI is InChI=1S/C21H21BrN2O/c22-18-7-3-6-17(15-18)21(10-11-21)20(25)23-12-4-13-24-14-9-16-5-1-2-8-19(16)24/h1-3,5-9,14-15H,4,10-13H2,(H,23,25). The number of carbonyl (C=O) groups is 1. The molecular weight excluding hydrogens is 376 g/mol. The van der Waals surface area contributed by atoms with E-state index in [0.717, 1.165) is 35.8 Å². The molecule has 0 aliphatic heterocycles. The number of hydrogen-bond donors (Lipinski definition) is 1. The molecule has 1 aromatic heterocycles. The van der Waals surface area contributed by atoms with Crippen molar-refractivity contribution in [3.8, 4) is 0 Å². The summed E-state index contributed by atoms with van der Waals surface area (Å²) in [4.78, 5) is 12.7. The van der Waals surface area contributed by atoms with Gasteiger partial charge in [-0.1, -0.05) is 46.3 Å². The lowest BCUT2D eigenvalue weighted by atomic mass is 9.95. The van der Waals surface area contributed by atoms with Crippen molar-refractivity contribution in [2.45, 2.75) is 31.2 Å². The van der Waals surface area contributed by atoms with Crippen LogP contribution in [0.2, 0.25) is 0 Å². The van der Waals surface area contributed by atoms with Gasteiger partial charge in [0.05, 0.1) is 5.41 Å². The number of amides is 1. The van der Waals surface area contributed by atoms with Gasteiger partial charge in [-0.3, -0.25) is 4.79 Å². The molecule has 4 heteroatoms. The first-order chi connectivity index (χ1) is 12.2. The fourth-order valence-corrected chi connectivity index (χ4v) is 3.91. The Morgan fingerprint density at radius 2 is 1.96 bits per heavy atom. The van der Waals surface area contributed by atoms with Crippen molar-refractivity contribution >= 4 is 32.7 Å². The van der Waals surface area contributed by atoms with E-state index in [1.165, 1.54) is 10.9 Å². The topological polar surface area (TPSA) is 34.0 Å². The Morgan fingerprint density at radius 1 is 1.12 bits per heavy atom. The molecule has 1 amide bonds. The van der Waals surface area contributed by atoms with Crippen molar-refractivity contribution in [2.75, 3.05) is 6.54 Å². The molecule has 1 heterocycles. The molecule has 128 valence electrons. The minimum Gasteiger partial charge on any atom is -0.355 e. The van der Waals surface area contributed by atoms with Gasteiger partial charge in [0.25, 0.3) is 0 Å². The molecule has 0 bridgehead atoms. The van der Waals surface area contributed by atoms with Gasteiger partial charge < -0.3 is 9.88 Å². The molecule has 2 aromatic carbocycles. The SMILES string of the molecule is O=C(NCCCn1ccc2ccccc21)C1(c2cccc(Br)c2)CC1. The zero-order valence-electron chi connectivity index (χ0n) is 14.0. The number of nitrogens with zero attached hydrogens (tertiary/aromatic N) is 1. The summed E-state index contributed by atoms with van der Waals surface area (Å²) in [6.45, 7) is 1.62. The number of nitrogens with one attached hydrogen (secondary N) is 1. The molecule has 4 rings (SSSR count). The predicted octanol–water partition coefficient (Wildman–Crippen LogP) is 4.64. The van der Waals surface area contributed by atoms with Crippen molar-refractivity contribution in [1.29, 1.82) is 0 Å². The van der Waals surface area contributed by atoms with Crippen LogP contribution in [0.25, 0.3) is 10.9 Å². The zero-order chi connectivity index (χ0) is 17.3. The van der Waals surface area contributed by atoms with Gasteiger partial charge in [0.1, 0.15) is 0 Å². The first-order valence-corrected chi connectivity index (χ1v) is 9.57. The lowest BCUT2D eigenvalue weighted by molar-refractivity contribution is -0.123. The van der Waals surface area contributed by atoms with E-state index in [4.69, 9.17) is 0 Å². The summed E-state index contributed by atoms with van der Waals surface area (Å²) >= 11 is 3.50. The van der Waals surface area contributed by atoms with Crippen LogP contribution in [0.3, 0.4) is 0 Å². The molecule has 0 saturated heterocycles. The van der Waals surface area contributed by atoms with Gasteiger partial charge in [-0.2, -0.15) is 0 Å². The maximum Gasteiger partial charge on any atom is 0.230 e. The summed E-state index contributed by atoms with van der Waals surface area (Å²) in [5, 5.41) is 4.41. The Bertz CT molecular complexity index is 911. The van der Waals surface area contributed by atoms with Crippen LogP contribution in [0, 0.1) is 0 Å². The van der Waals surface area contributed by atoms with Crippen LogP contribution in [0.5, 0.6) is 0 Å². The van der Waals surface area contributed by atoms with E-state index in [9.17, 15) is 4.79 Å². The van der Waals surface area contributed by atoms with Crippen LogP contribution in [-0.4, -0.2) is 17.0 Å². The molecule has 0 radical (unpaired) electrons. The summed E-state index contributed by atoms with van der Waals surface area (Å²) < 4.78 is 3.28. The molecule has 1 fully saturated rings. The molecule has 25 heavy (non-hydrogen) atoms. The lowest BCUT2D eigenvalue weighted by Crippen LogP contribution is -2.35. The number of para-hydroxylation sites is 1. The maximum atomic E-state index is 12.7.